The molecule has 0 bridgehead atoms. The largest absolute Gasteiger partial charge is 0.379 e. The van der Waals surface area contributed by atoms with Gasteiger partial charge in [0.2, 0.25) is 0 Å². The summed E-state index contributed by atoms with van der Waals surface area (Å²) in [5, 5.41) is 2.84. The number of fused-ring (bicyclic) bond motifs is 1. The summed E-state index contributed by atoms with van der Waals surface area (Å²) >= 11 is 0. The lowest BCUT2D eigenvalue weighted by molar-refractivity contribution is 0.0374. The van der Waals surface area contributed by atoms with Crippen molar-refractivity contribution in [1.29, 1.82) is 0 Å². The van der Waals surface area contributed by atoms with E-state index in [0.29, 0.717) is 6.54 Å². The molecule has 7 nitrogen and oxygen atoms in total. The number of halogens is 1. The minimum atomic E-state index is -0.662. The van der Waals surface area contributed by atoms with Crippen molar-refractivity contribution in [3.8, 4) is 0 Å². The number of hydrogen-bond acceptors (Lipinski definition) is 5. The first-order chi connectivity index (χ1) is 14.6. The Hall–Kier alpha value is -3.10. The van der Waals surface area contributed by atoms with Gasteiger partial charge in [-0.1, -0.05) is 12.1 Å². The van der Waals surface area contributed by atoms with Gasteiger partial charge in [0.25, 0.3) is 17.7 Å². The second-order valence-electron chi connectivity index (χ2n) is 7.22. The predicted octanol–water partition coefficient (Wildman–Crippen LogP) is 2.08. The second-order valence-corrected chi connectivity index (χ2v) is 7.22. The number of nitrogens with zero attached hydrogens (tertiary/aromatic N) is 2. The van der Waals surface area contributed by atoms with Gasteiger partial charge >= 0.3 is 0 Å². The van der Waals surface area contributed by atoms with Crippen LogP contribution in [0.3, 0.4) is 0 Å². The van der Waals surface area contributed by atoms with Gasteiger partial charge in [-0.2, -0.15) is 0 Å². The molecule has 8 heteroatoms. The molecule has 0 atom stereocenters. The molecule has 0 saturated carbocycles. The van der Waals surface area contributed by atoms with Gasteiger partial charge in [0.05, 0.1) is 30.0 Å². The highest BCUT2D eigenvalue weighted by atomic mass is 19.1. The SMILES string of the molecule is O=C(NCCCN1CCOCC1)c1ccc2c(c1)C(=O)N(c1ccccc1F)C2=O. The molecule has 156 valence electrons. The van der Waals surface area contributed by atoms with Gasteiger partial charge in [-0.3, -0.25) is 19.3 Å². The number of hydrogen-bond donors (Lipinski definition) is 1. The van der Waals surface area contributed by atoms with Crippen molar-refractivity contribution in [2.24, 2.45) is 0 Å². The molecule has 2 aromatic carbocycles. The van der Waals surface area contributed by atoms with Crippen molar-refractivity contribution in [2.45, 2.75) is 6.42 Å². The number of amides is 3. The number of rotatable bonds is 6. The molecular weight excluding hydrogens is 389 g/mol. The highest BCUT2D eigenvalue weighted by molar-refractivity contribution is 6.34. The Morgan fingerprint density at radius 3 is 2.53 bits per heavy atom. The number of ether oxygens (including phenoxy) is 1. The lowest BCUT2D eigenvalue weighted by Gasteiger charge is -2.26. The summed E-state index contributed by atoms with van der Waals surface area (Å²) in [7, 11) is 0. The van der Waals surface area contributed by atoms with Crippen molar-refractivity contribution in [1.82, 2.24) is 10.2 Å². The van der Waals surface area contributed by atoms with Crippen molar-refractivity contribution in [3.63, 3.8) is 0 Å². The van der Waals surface area contributed by atoms with E-state index in [-0.39, 0.29) is 28.3 Å². The van der Waals surface area contributed by atoms with Crippen molar-refractivity contribution in [2.75, 3.05) is 44.3 Å². The molecule has 2 aliphatic heterocycles. The Morgan fingerprint density at radius 1 is 1.03 bits per heavy atom. The summed E-state index contributed by atoms with van der Waals surface area (Å²) in [5.41, 5.74) is 0.450. The van der Waals surface area contributed by atoms with E-state index in [9.17, 15) is 18.8 Å². The molecule has 0 spiro atoms. The number of anilines is 1. The fraction of sp³-hybridized carbons (Fsp3) is 0.318. The Bertz CT molecular complexity index is 988. The quantitative estimate of drug-likeness (QED) is 0.582. The van der Waals surface area contributed by atoms with E-state index in [1.807, 2.05) is 0 Å². The summed E-state index contributed by atoms with van der Waals surface area (Å²) in [6.45, 7) is 4.64. The molecule has 0 unspecified atom stereocenters. The smallest absolute Gasteiger partial charge is 0.266 e. The van der Waals surface area contributed by atoms with E-state index in [1.54, 1.807) is 6.07 Å². The number of morpholine rings is 1. The van der Waals surface area contributed by atoms with Gasteiger partial charge < -0.3 is 10.1 Å². The molecule has 2 aliphatic rings. The number of benzene rings is 2. The van der Waals surface area contributed by atoms with Crippen LogP contribution in [0.25, 0.3) is 0 Å². The molecule has 4 rings (SSSR count). The van der Waals surface area contributed by atoms with Gasteiger partial charge in [-0.25, -0.2) is 9.29 Å². The molecule has 3 amide bonds. The zero-order valence-corrected chi connectivity index (χ0v) is 16.4. The molecule has 2 aromatic rings. The number of imide groups is 1. The monoisotopic (exact) mass is 411 g/mol. The summed E-state index contributed by atoms with van der Waals surface area (Å²) in [5.74, 6) is -2.21. The van der Waals surface area contributed by atoms with E-state index < -0.39 is 17.6 Å². The maximum atomic E-state index is 14.1. The van der Waals surface area contributed by atoms with Crippen LogP contribution in [-0.2, 0) is 4.74 Å². The van der Waals surface area contributed by atoms with Gasteiger partial charge in [0.15, 0.2) is 0 Å². The van der Waals surface area contributed by atoms with Crippen LogP contribution in [0.4, 0.5) is 10.1 Å². The van der Waals surface area contributed by atoms with Crippen LogP contribution >= 0.6 is 0 Å². The number of nitrogens with one attached hydrogen (secondary N) is 1. The summed E-state index contributed by atoms with van der Waals surface area (Å²) in [6, 6.07) is 9.95. The normalized spacial score (nSPS) is 16.6. The first kappa shape index (κ1) is 20.2. The third kappa shape index (κ3) is 3.96. The first-order valence-electron chi connectivity index (χ1n) is 9.92. The van der Waals surface area contributed by atoms with Gasteiger partial charge in [-0.15, -0.1) is 0 Å². The van der Waals surface area contributed by atoms with Crippen LogP contribution in [0.2, 0.25) is 0 Å². The molecule has 2 heterocycles. The molecule has 0 radical (unpaired) electrons. The van der Waals surface area contributed by atoms with Crippen LogP contribution in [0.1, 0.15) is 37.5 Å². The molecule has 0 aromatic heterocycles. The average Bonchev–Trinajstić information content (AvgIpc) is 3.02. The molecule has 1 fully saturated rings. The third-order valence-electron chi connectivity index (χ3n) is 5.28. The maximum absolute atomic E-state index is 14.1. The number of carbonyl (C=O) groups excluding carboxylic acids is 3. The predicted molar refractivity (Wildman–Crippen MR) is 108 cm³/mol. The lowest BCUT2D eigenvalue weighted by atomic mass is 10.1. The zero-order valence-electron chi connectivity index (χ0n) is 16.4. The van der Waals surface area contributed by atoms with Crippen LogP contribution in [0, 0.1) is 5.82 Å². The van der Waals surface area contributed by atoms with Crippen LogP contribution in [-0.4, -0.2) is 62.0 Å². The molecule has 0 aliphatic carbocycles. The third-order valence-corrected chi connectivity index (χ3v) is 5.28. The van der Waals surface area contributed by atoms with Crippen LogP contribution < -0.4 is 10.2 Å². The lowest BCUT2D eigenvalue weighted by Crippen LogP contribution is -2.38. The summed E-state index contributed by atoms with van der Waals surface area (Å²) < 4.78 is 19.4. The Kier molecular flexibility index (Phi) is 5.87. The highest BCUT2D eigenvalue weighted by Crippen LogP contribution is 2.30. The zero-order chi connectivity index (χ0) is 21.1. The van der Waals surface area contributed by atoms with Crippen LogP contribution in [0.15, 0.2) is 42.5 Å². The standard InChI is InChI=1S/C22H22FN3O4/c23-18-4-1-2-5-19(18)26-21(28)16-7-6-15(14-17(16)22(26)29)20(27)24-8-3-9-25-10-12-30-13-11-25/h1-2,4-7,14H,3,8-13H2,(H,24,27). The Balaban J connectivity index is 1.41. The van der Waals surface area contributed by atoms with E-state index >= 15 is 0 Å². The molecule has 30 heavy (non-hydrogen) atoms. The van der Waals surface area contributed by atoms with Crippen molar-refractivity contribution < 1.29 is 23.5 Å². The average molecular weight is 411 g/mol. The van der Waals surface area contributed by atoms with Crippen molar-refractivity contribution in [3.05, 3.63) is 65.0 Å². The van der Waals surface area contributed by atoms with E-state index in [1.165, 1.54) is 36.4 Å². The maximum Gasteiger partial charge on any atom is 0.266 e. The first-order valence-corrected chi connectivity index (χ1v) is 9.92. The van der Waals surface area contributed by atoms with Gasteiger partial charge in [0.1, 0.15) is 5.82 Å². The topological polar surface area (TPSA) is 79.0 Å². The summed E-state index contributed by atoms with van der Waals surface area (Å²) in [6.07, 6.45) is 0.801. The van der Waals surface area contributed by atoms with Gasteiger partial charge in [0, 0.05) is 25.2 Å². The van der Waals surface area contributed by atoms with Gasteiger partial charge in [-0.05, 0) is 43.3 Å². The minimum absolute atomic E-state index is 0.0992. The molecule has 1 saturated heterocycles. The highest BCUT2D eigenvalue weighted by Gasteiger charge is 2.38. The van der Waals surface area contributed by atoms with E-state index in [0.717, 1.165) is 44.2 Å². The summed E-state index contributed by atoms with van der Waals surface area (Å²) in [4.78, 5) is 41.0. The minimum Gasteiger partial charge on any atom is -0.379 e. The molecular formula is C22H22FN3O4. The second kappa shape index (κ2) is 8.73. The Morgan fingerprint density at radius 2 is 1.77 bits per heavy atom. The fourth-order valence-corrected chi connectivity index (χ4v) is 3.67. The Labute approximate surface area is 173 Å². The molecule has 1 N–H and O–H groups in total. The number of para-hydroxylation sites is 1. The van der Waals surface area contributed by atoms with Crippen molar-refractivity contribution >= 4 is 23.4 Å². The number of carbonyl (C=O) groups is 3. The van der Waals surface area contributed by atoms with E-state index in [4.69, 9.17) is 4.74 Å². The fourth-order valence-electron chi connectivity index (χ4n) is 3.67. The van der Waals surface area contributed by atoms with E-state index in [2.05, 4.69) is 10.2 Å². The van der Waals surface area contributed by atoms with Crippen LogP contribution in [0.5, 0.6) is 0 Å².